The molecule has 0 saturated carbocycles. The molecule has 1 aliphatic rings. The number of carbonyl (C=O) groups excluding carboxylic acids is 1. The number of hydrogen-bond donors (Lipinski definition) is 2. The summed E-state index contributed by atoms with van der Waals surface area (Å²) in [6.07, 6.45) is 0. The SMILES string of the molecule is Cc1cccc(C(=O)O)c1NC(=O)N1CCN(C)C(C)C1. The summed E-state index contributed by atoms with van der Waals surface area (Å²) in [5.74, 6) is -1.04. The van der Waals surface area contributed by atoms with E-state index in [9.17, 15) is 14.7 Å². The molecule has 0 radical (unpaired) electrons. The van der Waals surface area contributed by atoms with E-state index in [1.807, 2.05) is 7.05 Å². The largest absolute Gasteiger partial charge is 0.478 e. The van der Waals surface area contributed by atoms with Gasteiger partial charge in [-0.25, -0.2) is 9.59 Å². The van der Waals surface area contributed by atoms with Crippen LogP contribution in [0.2, 0.25) is 0 Å². The summed E-state index contributed by atoms with van der Waals surface area (Å²) in [7, 11) is 2.03. The summed E-state index contributed by atoms with van der Waals surface area (Å²) >= 11 is 0. The zero-order valence-corrected chi connectivity index (χ0v) is 12.6. The second-order valence-corrected chi connectivity index (χ2v) is 5.51. The summed E-state index contributed by atoms with van der Waals surface area (Å²) < 4.78 is 0. The summed E-state index contributed by atoms with van der Waals surface area (Å²) in [4.78, 5) is 27.5. The summed E-state index contributed by atoms with van der Waals surface area (Å²) in [5.41, 5.74) is 1.23. The van der Waals surface area contributed by atoms with Crippen LogP contribution in [0.5, 0.6) is 0 Å². The Morgan fingerprint density at radius 1 is 1.33 bits per heavy atom. The van der Waals surface area contributed by atoms with E-state index < -0.39 is 5.97 Å². The third kappa shape index (κ3) is 3.33. The molecule has 1 aliphatic heterocycles. The molecular formula is C15H21N3O3. The molecule has 2 N–H and O–H groups in total. The lowest BCUT2D eigenvalue weighted by atomic mass is 10.1. The molecule has 1 aromatic carbocycles. The minimum Gasteiger partial charge on any atom is -0.478 e. The van der Waals surface area contributed by atoms with Gasteiger partial charge in [-0.15, -0.1) is 0 Å². The number of carboxylic acids is 1. The molecule has 1 saturated heterocycles. The molecule has 114 valence electrons. The number of rotatable bonds is 2. The number of nitrogens with one attached hydrogen (secondary N) is 1. The van der Waals surface area contributed by atoms with Crippen molar-refractivity contribution in [2.45, 2.75) is 19.9 Å². The van der Waals surface area contributed by atoms with Crippen LogP contribution in [0.1, 0.15) is 22.8 Å². The van der Waals surface area contributed by atoms with Gasteiger partial charge in [0.25, 0.3) is 0 Å². The maximum absolute atomic E-state index is 12.4. The van der Waals surface area contributed by atoms with E-state index in [4.69, 9.17) is 0 Å². The number of benzene rings is 1. The van der Waals surface area contributed by atoms with Crippen LogP contribution in [0, 0.1) is 6.92 Å². The van der Waals surface area contributed by atoms with Crippen molar-refractivity contribution < 1.29 is 14.7 Å². The van der Waals surface area contributed by atoms with Crippen molar-refractivity contribution in [3.05, 3.63) is 29.3 Å². The van der Waals surface area contributed by atoms with Gasteiger partial charge in [0.1, 0.15) is 0 Å². The fourth-order valence-electron chi connectivity index (χ4n) is 2.43. The Hall–Kier alpha value is -2.08. The Morgan fingerprint density at radius 2 is 2.05 bits per heavy atom. The van der Waals surface area contributed by atoms with Gasteiger partial charge in [0.05, 0.1) is 11.3 Å². The highest BCUT2D eigenvalue weighted by Gasteiger charge is 2.25. The van der Waals surface area contributed by atoms with E-state index >= 15 is 0 Å². The van der Waals surface area contributed by atoms with Crippen molar-refractivity contribution in [1.82, 2.24) is 9.80 Å². The fourth-order valence-corrected chi connectivity index (χ4v) is 2.43. The number of likely N-dealkylation sites (N-methyl/N-ethyl adjacent to an activating group) is 1. The van der Waals surface area contributed by atoms with Gasteiger partial charge >= 0.3 is 12.0 Å². The van der Waals surface area contributed by atoms with Crippen LogP contribution in [0.4, 0.5) is 10.5 Å². The number of nitrogens with zero attached hydrogens (tertiary/aromatic N) is 2. The first-order valence-electron chi connectivity index (χ1n) is 6.99. The van der Waals surface area contributed by atoms with Crippen molar-refractivity contribution in [3.63, 3.8) is 0 Å². The van der Waals surface area contributed by atoms with E-state index in [1.165, 1.54) is 6.07 Å². The summed E-state index contributed by atoms with van der Waals surface area (Å²) in [6, 6.07) is 5.01. The van der Waals surface area contributed by atoms with E-state index in [0.29, 0.717) is 24.8 Å². The van der Waals surface area contributed by atoms with E-state index in [2.05, 4.69) is 17.1 Å². The van der Waals surface area contributed by atoms with Crippen molar-refractivity contribution in [2.24, 2.45) is 0 Å². The maximum atomic E-state index is 12.4. The number of carbonyl (C=O) groups is 2. The lowest BCUT2D eigenvalue weighted by Crippen LogP contribution is -2.53. The number of urea groups is 1. The smallest absolute Gasteiger partial charge is 0.337 e. The van der Waals surface area contributed by atoms with Crippen LogP contribution in [0.3, 0.4) is 0 Å². The highest BCUT2D eigenvalue weighted by Crippen LogP contribution is 2.21. The van der Waals surface area contributed by atoms with Crippen LogP contribution >= 0.6 is 0 Å². The monoisotopic (exact) mass is 291 g/mol. The van der Waals surface area contributed by atoms with Gasteiger partial charge in [0, 0.05) is 25.7 Å². The quantitative estimate of drug-likeness (QED) is 0.872. The molecule has 6 nitrogen and oxygen atoms in total. The molecule has 1 unspecified atom stereocenters. The van der Waals surface area contributed by atoms with Gasteiger partial charge in [0.2, 0.25) is 0 Å². The van der Waals surface area contributed by atoms with Crippen molar-refractivity contribution in [1.29, 1.82) is 0 Å². The molecule has 1 atom stereocenters. The second-order valence-electron chi connectivity index (χ2n) is 5.51. The first kappa shape index (κ1) is 15.3. The number of hydrogen-bond acceptors (Lipinski definition) is 3. The molecule has 1 fully saturated rings. The zero-order chi connectivity index (χ0) is 15.6. The number of carboxylic acid groups (broad SMARTS) is 1. The number of aryl methyl sites for hydroxylation is 1. The molecule has 21 heavy (non-hydrogen) atoms. The van der Waals surface area contributed by atoms with Crippen LogP contribution in [0.25, 0.3) is 0 Å². The molecule has 2 amide bonds. The van der Waals surface area contributed by atoms with E-state index in [-0.39, 0.29) is 11.6 Å². The van der Waals surface area contributed by atoms with Gasteiger partial charge < -0.3 is 20.2 Å². The number of aromatic carboxylic acids is 1. The Balaban J connectivity index is 2.15. The summed E-state index contributed by atoms with van der Waals surface area (Å²) in [5, 5.41) is 12.0. The number of anilines is 1. The van der Waals surface area contributed by atoms with E-state index in [1.54, 1.807) is 24.0 Å². The average Bonchev–Trinajstić information content (AvgIpc) is 2.43. The first-order valence-corrected chi connectivity index (χ1v) is 6.99. The van der Waals surface area contributed by atoms with Crippen LogP contribution in [-0.4, -0.2) is 59.6 Å². The molecule has 0 bridgehead atoms. The molecule has 6 heteroatoms. The van der Waals surface area contributed by atoms with Crippen molar-refractivity contribution in [2.75, 3.05) is 32.0 Å². The van der Waals surface area contributed by atoms with Crippen LogP contribution in [-0.2, 0) is 0 Å². The highest BCUT2D eigenvalue weighted by molar-refractivity contribution is 6.01. The zero-order valence-electron chi connectivity index (χ0n) is 12.6. The topological polar surface area (TPSA) is 72.9 Å². The Bertz CT molecular complexity index is 559. The number of amides is 2. The first-order chi connectivity index (χ1) is 9.90. The molecule has 1 aromatic rings. The minimum atomic E-state index is -1.04. The molecule has 1 heterocycles. The van der Waals surface area contributed by atoms with Gasteiger partial charge in [-0.1, -0.05) is 12.1 Å². The third-order valence-electron chi connectivity index (χ3n) is 3.98. The molecule has 0 spiro atoms. The van der Waals surface area contributed by atoms with Crippen LogP contribution in [0.15, 0.2) is 18.2 Å². The van der Waals surface area contributed by atoms with Gasteiger partial charge in [-0.2, -0.15) is 0 Å². The predicted octanol–water partition coefficient (Wildman–Crippen LogP) is 1.86. The Morgan fingerprint density at radius 3 is 2.67 bits per heavy atom. The maximum Gasteiger partial charge on any atom is 0.337 e. The molecular weight excluding hydrogens is 270 g/mol. The second kappa shape index (κ2) is 6.13. The predicted molar refractivity (Wildman–Crippen MR) is 80.8 cm³/mol. The minimum absolute atomic E-state index is 0.116. The van der Waals surface area contributed by atoms with Gasteiger partial charge in [0.15, 0.2) is 0 Å². The molecule has 0 aromatic heterocycles. The Labute approximate surface area is 124 Å². The van der Waals surface area contributed by atoms with E-state index in [0.717, 1.165) is 12.1 Å². The molecule has 0 aliphatic carbocycles. The highest BCUT2D eigenvalue weighted by atomic mass is 16.4. The lowest BCUT2D eigenvalue weighted by Gasteiger charge is -2.37. The normalized spacial score (nSPS) is 19.4. The number of piperazine rings is 1. The molecule has 2 rings (SSSR count). The van der Waals surface area contributed by atoms with Crippen molar-refractivity contribution in [3.8, 4) is 0 Å². The average molecular weight is 291 g/mol. The third-order valence-corrected chi connectivity index (χ3v) is 3.98. The standard InChI is InChI=1S/C15H21N3O3/c1-10-5-4-6-12(14(19)20)13(10)16-15(21)18-8-7-17(3)11(2)9-18/h4-6,11H,7-9H2,1-3H3,(H,16,21)(H,19,20). The van der Waals surface area contributed by atoms with Gasteiger partial charge in [-0.05, 0) is 32.5 Å². The van der Waals surface area contributed by atoms with Gasteiger partial charge in [-0.3, -0.25) is 0 Å². The Kier molecular flexibility index (Phi) is 4.47. The lowest BCUT2D eigenvalue weighted by molar-refractivity contribution is 0.0698. The van der Waals surface area contributed by atoms with Crippen molar-refractivity contribution >= 4 is 17.7 Å². The summed E-state index contributed by atoms with van der Waals surface area (Å²) in [6.45, 7) is 5.94. The number of para-hydroxylation sites is 1. The van der Waals surface area contributed by atoms with Crippen LogP contribution < -0.4 is 5.32 Å². The fraction of sp³-hybridized carbons (Fsp3) is 0.467.